The Balaban J connectivity index is 2.55. The van der Waals surface area contributed by atoms with E-state index in [0.717, 1.165) is 18.8 Å². The highest BCUT2D eigenvalue weighted by Gasteiger charge is 2.02. The SMILES string of the molecule is CCNCCOc1cc(C)c(Br)c(C)c1. The Morgan fingerprint density at radius 3 is 2.40 bits per heavy atom. The fourth-order valence-electron chi connectivity index (χ4n) is 1.41. The van der Waals surface area contributed by atoms with Gasteiger partial charge in [0.15, 0.2) is 0 Å². The van der Waals surface area contributed by atoms with Gasteiger partial charge in [-0.2, -0.15) is 0 Å². The molecule has 84 valence electrons. The number of aryl methyl sites for hydroxylation is 2. The molecule has 0 heterocycles. The third-order valence-electron chi connectivity index (χ3n) is 2.21. The smallest absolute Gasteiger partial charge is 0.119 e. The molecule has 0 aliphatic heterocycles. The summed E-state index contributed by atoms with van der Waals surface area (Å²) in [6, 6.07) is 4.12. The van der Waals surface area contributed by atoms with Crippen LogP contribution in [0.2, 0.25) is 0 Å². The van der Waals surface area contributed by atoms with Crippen molar-refractivity contribution >= 4 is 15.9 Å². The molecule has 0 aliphatic carbocycles. The Hall–Kier alpha value is -0.540. The summed E-state index contributed by atoms with van der Waals surface area (Å²) in [6.45, 7) is 8.84. The molecule has 0 amide bonds. The minimum absolute atomic E-state index is 0.717. The third kappa shape index (κ3) is 3.84. The maximum absolute atomic E-state index is 5.64. The Labute approximate surface area is 100 Å². The molecule has 1 N–H and O–H groups in total. The highest BCUT2D eigenvalue weighted by Crippen LogP contribution is 2.26. The second-order valence-corrected chi connectivity index (χ2v) is 4.37. The van der Waals surface area contributed by atoms with E-state index in [1.165, 1.54) is 15.6 Å². The molecule has 0 saturated heterocycles. The lowest BCUT2D eigenvalue weighted by molar-refractivity contribution is 0.315. The molecule has 0 aliphatic rings. The van der Waals surface area contributed by atoms with E-state index in [-0.39, 0.29) is 0 Å². The number of likely N-dealkylation sites (N-methyl/N-ethyl adjacent to an activating group) is 1. The van der Waals surface area contributed by atoms with Gasteiger partial charge in [0.25, 0.3) is 0 Å². The van der Waals surface area contributed by atoms with Crippen LogP contribution in [-0.2, 0) is 0 Å². The molecule has 1 aromatic rings. The molecule has 0 spiro atoms. The molecule has 1 rings (SSSR count). The molecule has 0 radical (unpaired) electrons. The second-order valence-electron chi connectivity index (χ2n) is 3.57. The monoisotopic (exact) mass is 271 g/mol. The van der Waals surface area contributed by atoms with Gasteiger partial charge < -0.3 is 10.1 Å². The molecule has 0 aromatic heterocycles. The van der Waals surface area contributed by atoms with Crippen LogP contribution in [0.5, 0.6) is 5.75 Å². The highest BCUT2D eigenvalue weighted by atomic mass is 79.9. The van der Waals surface area contributed by atoms with Crippen molar-refractivity contribution in [3.63, 3.8) is 0 Å². The van der Waals surface area contributed by atoms with Crippen LogP contribution in [0.1, 0.15) is 18.1 Å². The van der Waals surface area contributed by atoms with Crippen LogP contribution in [-0.4, -0.2) is 19.7 Å². The van der Waals surface area contributed by atoms with Gasteiger partial charge >= 0.3 is 0 Å². The van der Waals surface area contributed by atoms with Gasteiger partial charge in [-0.3, -0.25) is 0 Å². The van der Waals surface area contributed by atoms with Crippen molar-refractivity contribution < 1.29 is 4.74 Å². The topological polar surface area (TPSA) is 21.3 Å². The summed E-state index contributed by atoms with van der Waals surface area (Å²) >= 11 is 3.54. The summed E-state index contributed by atoms with van der Waals surface area (Å²) in [4.78, 5) is 0. The van der Waals surface area contributed by atoms with Crippen molar-refractivity contribution in [2.75, 3.05) is 19.7 Å². The average Bonchev–Trinajstić information content (AvgIpc) is 2.21. The summed E-state index contributed by atoms with van der Waals surface area (Å²) in [5, 5.41) is 3.22. The molecular formula is C12H18BrNO. The number of hydrogen-bond acceptors (Lipinski definition) is 2. The van der Waals surface area contributed by atoms with Gasteiger partial charge in [-0.25, -0.2) is 0 Å². The number of rotatable bonds is 5. The minimum atomic E-state index is 0.717. The quantitative estimate of drug-likeness (QED) is 0.832. The normalized spacial score (nSPS) is 10.4. The van der Waals surface area contributed by atoms with Crippen LogP contribution in [0, 0.1) is 13.8 Å². The summed E-state index contributed by atoms with van der Waals surface area (Å²) in [5.74, 6) is 0.950. The highest BCUT2D eigenvalue weighted by molar-refractivity contribution is 9.10. The Bertz CT molecular complexity index is 302. The van der Waals surface area contributed by atoms with Crippen molar-refractivity contribution in [1.82, 2.24) is 5.32 Å². The zero-order valence-corrected chi connectivity index (χ0v) is 11.1. The molecule has 0 atom stereocenters. The van der Waals surface area contributed by atoms with E-state index in [0.29, 0.717) is 6.61 Å². The molecule has 0 unspecified atom stereocenters. The lowest BCUT2D eigenvalue weighted by Gasteiger charge is -2.10. The van der Waals surface area contributed by atoms with Crippen LogP contribution in [0.15, 0.2) is 16.6 Å². The summed E-state index contributed by atoms with van der Waals surface area (Å²) in [6.07, 6.45) is 0. The Morgan fingerprint density at radius 1 is 1.27 bits per heavy atom. The second kappa shape index (κ2) is 6.13. The number of halogens is 1. The zero-order chi connectivity index (χ0) is 11.3. The van der Waals surface area contributed by atoms with E-state index >= 15 is 0 Å². The van der Waals surface area contributed by atoms with Gasteiger partial charge in [0, 0.05) is 11.0 Å². The first-order chi connectivity index (χ1) is 7.15. The van der Waals surface area contributed by atoms with Crippen molar-refractivity contribution in [3.8, 4) is 5.75 Å². The Morgan fingerprint density at radius 2 is 1.87 bits per heavy atom. The molecule has 2 nitrogen and oxygen atoms in total. The molecule has 0 fully saturated rings. The van der Waals surface area contributed by atoms with Gasteiger partial charge in [-0.05, 0) is 43.7 Å². The Kier molecular flexibility index (Phi) is 5.12. The first kappa shape index (κ1) is 12.5. The summed E-state index contributed by atoms with van der Waals surface area (Å²) < 4.78 is 6.81. The first-order valence-corrected chi connectivity index (χ1v) is 6.04. The van der Waals surface area contributed by atoms with Crippen LogP contribution < -0.4 is 10.1 Å². The van der Waals surface area contributed by atoms with Crippen LogP contribution in [0.3, 0.4) is 0 Å². The minimum Gasteiger partial charge on any atom is -0.492 e. The van der Waals surface area contributed by atoms with Crippen molar-refractivity contribution in [3.05, 3.63) is 27.7 Å². The van der Waals surface area contributed by atoms with Crippen molar-refractivity contribution in [2.45, 2.75) is 20.8 Å². The van der Waals surface area contributed by atoms with E-state index in [9.17, 15) is 0 Å². The maximum atomic E-state index is 5.64. The van der Waals surface area contributed by atoms with Crippen LogP contribution in [0.25, 0.3) is 0 Å². The lowest BCUT2D eigenvalue weighted by Crippen LogP contribution is -2.20. The van der Waals surface area contributed by atoms with Crippen molar-refractivity contribution in [2.24, 2.45) is 0 Å². The molecule has 15 heavy (non-hydrogen) atoms. The number of hydrogen-bond donors (Lipinski definition) is 1. The van der Waals surface area contributed by atoms with Gasteiger partial charge in [0.05, 0.1) is 0 Å². The number of benzene rings is 1. The standard InChI is InChI=1S/C12H18BrNO/c1-4-14-5-6-15-11-7-9(2)12(13)10(3)8-11/h7-8,14H,4-6H2,1-3H3. The molecule has 3 heteroatoms. The largest absolute Gasteiger partial charge is 0.492 e. The van der Waals surface area contributed by atoms with Gasteiger partial charge in [0.1, 0.15) is 12.4 Å². The van der Waals surface area contributed by atoms with E-state index < -0.39 is 0 Å². The number of ether oxygens (including phenoxy) is 1. The van der Waals surface area contributed by atoms with E-state index in [1.807, 2.05) is 0 Å². The van der Waals surface area contributed by atoms with Gasteiger partial charge in [0.2, 0.25) is 0 Å². The van der Waals surface area contributed by atoms with Crippen LogP contribution in [0.4, 0.5) is 0 Å². The fourth-order valence-corrected chi connectivity index (χ4v) is 1.64. The summed E-state index contributed by atoms with van der Waals surface area (Å²) in [5.41, 5.74) is 2.43. The van der Waals surface area contributed by atoms with Gasteiger partial charge in [-0.1, -0.05) is 22.9 Å². The lowest BCUT2D eigenvalue weighted by atomic mass is 10.1. The first-order valence-electron chi connectivity index (χ1n) is 5.25. The predicted molar refractivity (Wildman–Crippen MR) is 67.7 cm³/mol. The molecule has 0 saturated carbocycles. The van der Waals surface area contributed by atoms with Crippen molar-refractivity contribution in [1.29, 1.82) is 0 Å². The third-order valence-corrected chi connectivity index (χ3v) is 3.46. The van der Waals surface area contributed by atoms with Gasteiger partial charge in [-0.15, -0.1) is 0 Å². The van der Waals surface area contributed by atoms with E-state index in [1.54, 1.807) is 0 Å². The fraction of sp³-hybridized carbons (Fsp3) is 0.500. The van der Waals surface area contributed by atoms with E-state index in [2.05, 4.69) is 54.2 Å². The predicted octanol–water partition coefficient (Wildman–Crippen LogP) is 3.05. The maximum Gasteiger partial charge on any atom is 0.119 e. The zero-order valence-electron chi connectivity index (χ0n) is 9.56. The molecular weight excluding hydrogens is 254 g/mol. The summed E-state index contributed by atoms with van der Waals surface area (Å²) in [7, 11) is 0. The molecule has 0 bridgehead atoms. The van der Waals surface area contributed by atoms with Crippen LogP contribution >= 0.6 is 15.9 Å². The van der Waals surface area contributed by atoms with E-state index in [4.69, 9.17) is 4.74 Å². The number of nitrogens with one attached hydrogen (secondary N) is 1. The average molecular weight is 272 g/mol. The molecule has 1 aromatic carbocycles.